The van der Waals surface area contributed by atoms with E-state index in [9.17, 15) is 14.3 Å². The number of nitrogens with one attached hydrogen (secondary N) is 1. The summed E-state index contributed by atoms with van der Waals surface area (Å²) in [7, 11) is 1.46. The van der Waals surface area contributed by atoms with Crippen molar-refractivity contribution in [2.45, 2.75) is 19.4 Å². The fraction of sp³-hybridized carbons (Fsp3) is 0.148. The van der Waals surface area contributed by atoms with Crippen LogP contribution in [0.5, 0.6) is 17.2 Å². The number of aliphatic hydroxyl groups is 1. The van der Waals surface area contributed by atoms with Gasteiger partial charge in [-0.15, -0.1) is 0 Å². The Morgan fingerprint density at radius 3 is 2.57 bits per heavy atom. The summed E-state index contributed by atoms with van der Waals surface area (Å²) < 4.78 is 24.8. The monoisotopic (exact) mass is 522 g/mol. The smallest absolute Gasteiger partial charge is 0.248 e. The zero-order valence-electron chi connectivity index (χ0n) is 20.3. The van der Waals surface area contributed by atoms with Crippen LogP contribution in [0.15, 0.2) is 61.4 Å². The molecule has 0 saturated carbocycles. The maximum Gasteiger partial charge on any atom is 0.248 e. The van der Waals surface area contributed by atoms with E-state index in [0.29, 0.717) is 39.3 Å². The topological polar surface area (TPSA) is 120 Å². The fourth-order valence-corrected chi connectivity index (χ4v) is 3.95. The largest absolute Gasteiger partial charge is 0.496 e. The van der Waals surface area contributed by atoms with Crippen LogP contribution in [-0.4, -0.2) is 28.1 Å². The summed E-state index contributed by atoms with van der Waals surface area (Å²) in [6.45, 7) is 6.96. The van der Waals surface area contributed by atoms with Gasteiger partial charge < -0.3 is 25.6 Å². The number of halogens is 2. The van der Waals surface area contributed by atoms with Crippen LogP contribution >= 0.6 is 11.6 Å². The third-order valence-electron chi connectivity index (χ3n) is 5.59. The molecular formula is C27H24ClFN4O4. The molecule has 4 aromatic rings. The Kier molecular flexibility index (Phi) is 7.02. The second kappa shape index (κ2) is 10.0. The number of ether oxygens (including phenoxy) is 2. The van der Waals surface area contributed by atoms with E-state index in [0.717, 1.165) is 0 Å². The summed E-state index contributed by atoms with van der Waals surface area (Å²) in [5, 5.41) is 14.9. The molecule has 0 spiro atoms. The number of nitrogens with zero attached hydrogens (tertiary/aromatic N) is 2. The number of amides is 1. The maximum atomic E-state index is 13.6. The van der Waals surface area contributed by atoms with E-state index < -0.39 is 17.3 Å². The molecule has 0 atom stereocenters. The number of methoxy groups -OCH3 is 1. The number of nitrogens with two attached hydrogens (primary N) is 1. The van der Waals surface area contributed by atoms with Gasteiger partial charge in [0.1, 0.15) is 35.2 Å². The highest BCUT2D eigenvalue weighted by atomic mass is 35.5. The average molecular weight is 523 g/mol. The van der Waals surface area contributed by atoms with Crippen LogP contribution in [0.3, 0.4) is 0 Å². The minimum atomic E-state index is -1.33. The summed E-state index contributed by atoms with van der Waals surface area (Å²) in [6, 6.07) is 12.1. The highest BCUT2D eigenvalue weighted by molar-refractivity contribution is 6.32. The molecule has 0 bridgehead atoms. The van der Waals surface area contributed by atoms with Gasteiger partial charge in [0.2, 0.25) is 5.91 Å². The molecular weight excluding hydrogens is 499 g/mol. The normalized spacial score (nSPS) is 11.3. The number of carbonyl (C=O) groups excluding carboxylic acids is 1. The van der Waals surface area contributed by atoms with Gasteiger partial charge >= 0.3 is 0 Å². The number of benzene rings is 3. The molecule has 4 rings (SSSR count). The number of anilines is 2. The Morgan fingerprint density at radius 2 is 1.92 bits per heavy atom. The van der Waals surface area contributed by atoms with Crippen molar-refractivity contribution < 1.29 is 23.8 Å². The summed E-state index contributed by atoms with van der Waals surface area (Å²) >= 11 is 6.51. The first-order chi connectivity index (χ1) is 17.5. The molecule has 1 amide bonds. The Labute approximate surface area is 217 Å². The van der Waals surface area contributed by atoms with Crippen LogP contribution in [0, 0.1) is 5.82 Å². The predicted octanol–water partition coefficient (Wildman–Crippen LogP) is 5.69. The zero-order valence-corrected chi connectivity index (χ0v) is 21.1. The second-order valence-electron chi connectivity index (χ2n) is 8.71. The van der Waals surface area contributed by atoms with Crippen molar-refractivity contribution in [1.82, 2.24) is 9.97 Å². The van der Waals surface area contributed by atoms with Crippen LogP contribution < -0.4 is 20.5 Å². The highest BCUT2D eigenvalue weighted by Crippen LogP contribution is 2.41. The van der Waals surface area contributed by atoms with Crippen LogP contribution in [0.1, 0.15) is 25.0 Å². The highest BCUT2D eigenvalue weighted by Gasteiger charge is 2.24. The lowest BCUT2D eigenvalue weighted by molar-refractivity contribution is -0.112. The number of hydrogen-bond donors (Lipinski definition) is 3. The molecule has 0 saturated heterocycles. The van der Waals surface area contributed by atoms with Crippen LogP contribution in [-0.2, 0) is 10.4 Å². The molecule has 10 heteroatoms. The number of fused-ring (bicyclic) bond motifs is 1. The van der Waals surface area contributed by atoms with Crippen molar-refractivity contribution in [3.63, 3.8) is 0 Å². The van der Waals surface area contributed by atoms with E-state index in [1.807, 2.05) is 0 Å². The number of carbonyl (C=O) groups is 1. The fourth-order valence-electron chi connectivity index (χ4n) is 3.75. The Bertz CT molecular complexity index is 1540. The van der Waals surface area contributed by atoms with Gasteiger partial charge in [-0.3, -0.25) is 4.79 Å². The number of rotatable bonds is 8. The quantitative estimate of drug-likeness (QED) is 0.254. The Hall–Kier alpha value is -4.21. The lowest BCUT2D eigenvalue weighted by Gasteiger charge is -2.24. The SMILES string of the molecule is C=C(C(N)=O)c1cc2c(Nc3cc(Cl)c(Oc4cccc(F)c4)cc3C(C)(C)O)ncnc2cc1OC. The molecule has 37 heavy (non-hydrogen) atoms. The van der Waals surface area contributed by atoms with Gasteiger partial charge in [-0.25, -0.2) is 14.4 Å². The Morgan fingerprint density at radius 1 is 1.16 bits per heavy atom. The molecule has 0 unspecified atom stereocenters. The van der Waals surface area contributed by atoms with Crippen molar-refractivity contribution >= 4 is 45.5 Å². The van der Waals surface area contributed by atoms with Gasteiger partial charge in [0.25, 0.3) is 0 Å². The maximum absolute atomic E-state index is 13.6. The molecule has 4 N–H and O–H groups in total. The van der Waals surface area contributed by atoms with E-state index in [1.54, 1.807) is 44.2 Å². The van der Waals surface area contributed by atoms with Crippen LogP contribution in [0.4, 0.5) is 15.9 Å². The number of primary amides is 1. The first-order valence-electron chi connectivity index (χ1n) is 11.1. The molecule has 8 nitrogen and oxygen atoms in total. The van der Waals surface area contributed by atoms with E-state index in [-0.39, 0.29) is 22.1 Å². The summed E-state index contributed by atoms with van der Waals surface area (Å²) in [4.78, 5) is 20.4. The van der Waals surface area contributed by atoms with Gasteiger partial charge in [0, 0.05) is 39.9 Å². The van der Waals surface area contributed by atoms with Crippen molar-refractivity contribution in [3.05, 3.63) is 83.4 Å². The lowest BCUT2D eigenvalue weighted by atomic mass is 9.95. The second-order valence-corrected chi connectivity index (χ2v) is 9.11. The van der Waals surface area contributed by atoms with Crippen molar-refractivity contribution in [3.8, 4) is 17.2 Å². The van der Waals surface area contributed by atoms with Crippen LogP contribution in [0.25, 0.3) is 16.5 Å². The molecule has 0 aliphatic carbocycles. The van der Waals surface area contributed by atoms with E-state index in [2.05, 4.69) is 21.9 Å². The molecule has 0 fully saturated rings. The van der Waals surface area contributed by atoms with E-state index >= 15 is 0 Å². The third kappa shape index (κ3) is 5.47. The van der Waals surface area contributed by atoms with Crippen LogP contribution in [0.2, 0.25) is 5.02 Å². The first-order valence-corrected chi connectivity index (χ1v) is 11.4. The van der Waals surface area contributed by atoms with Gasteiger partial charge in [-0.05, 0) is 44.2 Å². The summed E-state index contributed by atoms with van der Waals surface area (Å²) in [5.74, 6) is 0.0651. The Balaban J connectivity index is 1.82. The number of aromatic nitrogens is 2. The molecule has 0 radical (unpaired) electrons. The summed E-state index contributed by atoms with van der Waals surface area (Å²) in [5.41, 5.74) is 5.97. The van der Waals surface area contributed by atoms with Crippen molar-refractivity contribution in [1.29, 1.82) is 0 Å². The lowest BCUT2D eigenvalue weighted by Crippen LogP contribution is -2.18. The van der Waals surface area contributed by atoms with Crippen molar-refractivity contribution in [2.75, 3.05) is 12.4 Å². The molecule has 0 aliphatic heterocycles. The minimum absolute atomic E-state index is 0.0626. The molecule has 3 aromatic carbocycles. The minimum Gasteiger partial charge on any atom is -0.496 e. The van der Waals surface area contributed by atoms with Crippen molar-refractivity contribution in [2.24, 2.45) is 5.73 Å². The zero-order chi connectivity index (χ0) is 26.9. The first kappa shape index (κ1) is 25.9. The molecule has 1 aromatic heterocycles. The summed E-state index contributed by atoms with van der Waals surface area (Å²) in [6.07, 6.45) is 1.36. The van der Waals surface area contributed by atoms with E-state index in [1.165, 1.54) is 31.6 Å². The third-order valence-corrected chi connectivity index (χ3v) is 5.88. The molecule has 1 heterocycles. The van der Waals surface area contributed by atoms with Gasteiger partial charge in [0.05, 0.1) is 23.3 Å². The molecule has 0 aliphatic rings. The standard InChI is InChI=1S/C27H24ClFN4O4/c1-14(25(30)34)17-9-18-21(12-23(17)36-4)31-13-32-26(18)33-22-11-20(28)24(10-19(22)27(2,3)35)37-16-7-5-6-15(29)8-16/h5-13,35H,1H2,2-4H3,(H2,30,34)(H,31,32,33). The average Bonchev–Trinajstić information content (AvgIpc) is 2.83. The van der Waals surface area contributed by atoms with Gasteiger partial charge in [-0.2, -0.15) is 0 Å². The number of hydrogen-bond acceptors (Lipinski definition) is 7. The predicted molar refractivity (Wildman–Crippen MR) is 141 cm³/mol. The van der Waals surface area contributed by atoms with Gasteiger partial charge in [0.15, 0.2) is 0 Å². The van der Waals surface area contributed by atoms with Gasteiger partial charge in [-0.1, -0.05) is 24.2 Å². The molecule has 190 valence electrons. The van der Waals surface area contributed by atoms with E-state index in [4.69, 9.17) is 26.8 Å².